The highest BCUT2D eigenvalue weighted by atomic mass is 35.5. The van der Waals surface area contributed by atoms with Crippen molar-refractivity contribution in [1.29, 1.82) is 0 Å². The third-order valence-corrected chi connectivity index (χ3v) is 7.31. The molecule has 3 fully saturated rings. The first-order valence-corrected chi connectivity index (χ1v) is 12.5. The number of urea groups is 1. The zero-order chi connectivity index (χ0) is 24.1. The van der Waals surface area contributed by atoms with Crippen molar-refractivity contribution >= 4 is 29.4 Å². The van der Waals surface area contributed by atoms with Gasteiger partial charge >= 0.3 is 6.03 Å². The summed E-state index contributed by atoms with van der Waals surface area (Å²) in [6.07, 6.45) is 3.85. The number of likely N-dealkylation sites (tertiary alicyclic amines) is 2. The first-order chi connectivity index (χ1) is 16.4. The molecule has 188 valence electrons. The Hall–Kier alpha value is -2.30. The van der Waals surface area contributed by atoms with Crippen molar-refractivity contribution in [1.82, 2.24) is 25.0 Å². The molecule has 4 rings (SSSR count). The number of rotatable bonds is 5. The second kappa shape index (κ2) is 11.4. The summed E-state index contributed by atoms with van der Waals surface area (Å²) < 4.78 is 10.5. The zero-order valence-electron chi connectivity index (χ0n) is 19.8. The number of nitrogens with one attached hydrogen (secondary N) is 1. The van der Waals surface area contributed by atoms with Crippen molar-refractivity contribution in [3.05, 3.63) is 16.7 Å². The third-order valence-electron chi connectivity index (χ3n) is 7.01. The topological polar surface area (TPSA) is 113 Å². The van der Waals surface area contributed by atoms with Crippen LogP contribution in [-0.2, 0) is 4.74 Å². The van der Waals surface area contributed by atoms with Crippen molar-refractivity contribution in [2.24, 2.45) is 5.92 Å². The first kappa shape index (κ1) is 24.8. The number of piperidine rings is 2. The van der Waals surface area contributed by atoms with Crippen LogP contribution in [-0.4, -0.2) is 104 Å². The lowest BCUT2D eigenvalue weighted by Crippen LogP contribution is -2.51. The summed E-state index contributed by atoms with van der Waals surface area (Å²) in [5.74, 6) is 0.670. The number of nitrogens with two attached hydrogens (primary N) is 1. The summed E-state index contributed by atoms with van der Waals surface area (Å²) in [4.78, 5) is 35.9. The molecule has 1 aromatic rings. The van der Waals surface area contributed by atoms with Gasteiger partial charge in [-0.3, -0.25) is 4.79 Å². The maximum atomic E-state index is 12.8. The lowest BCUT2D eigenvalue weighted by molar-refractivity contribution is 0.0388. The summed E-state index contributed by atoms with van der Waals surface area (Å²) in [5.41, 5.74) is 6.01. The van der Waals surface area contributed by atoms with Crippen molar-refractivity contribution in [2.75, 3.05) is 71.9 Å². The quantitative estimate of drug-likeness (QED) is 0.640. The van der Waals surface area contributed by atoms with Gasteiger partial charge in [0.15, 0.2) is 0 Å². The summed E-state index contributed by atoms with van der Waals surface area (Å²) >= 11 is 6.05. The van der Waals surface area contributed by atoms with Gasteiger partial charge in [0.2, 0.25) is 5.88 Å². The van der Waals surface area contributed by atoms with E-state index in [1.807, 2.05) is 9.80 Å². The highest BCUT2D eigenvalue weighted by Crippen LogP contribution is 2.26. The van der Waals surface area contributed by atoms with E-state index in [1.54, 1.807) is 0 Å². The minimum absolute atomic E-state index is 0.0952. The van der Waals surface area contributed by atoms with Crippen molar-refractivity contribution in [3.63, 3.8) is 0 Å². The molecule has 3 amide bonds. The van der Waals surface area contributed by atoms with Gasteiger partial charge in [-0.2, -0.15) is 4.98 Å². The van der Waals surface area contributed by atoms with E-state index in [4.69, 9.17) is 26.8 Å². The van der Waals surface area contributed by atoms with E-state index >= 15 is 0 Å². The molecule has 0 saturated carbocycles. The van der Waals surface area contributed by atoms with Crippen molar-refractivity contribution < 1.29 is 19.1 Å². The van der Waals surface area contributed by atoms with E-state index in [9.17, 15) is 9.59 Å². The molecule has 34 heavy (non-hydrogen) atoms. The SMILES string of the molecule is COc1nc(N)c(Cl)cc1C(=O)NC1CCN(CC2CCN(C(=O)N3CCOCC3)CC2)CC1. The van der Waals surface area contributed by atoms with Gasteiger partial charge in [-0.25, -0.2) is 4.79 Å². The first-order valence-electron chi connectivity index (χ1n) is 12.1. The third kappa shape index (κ3) is 6.03. The normalized spacial score (nSPS) is 20.9. The van der Waals surface area contributed by atoms with Crippen LogP contribution >= 0.6 is 11.6 Å². The van der Waals surface area contributed by atoms with E-state index in [1.165, 1.54) is 13.2 Å². The molecule has 3 saturated heterocycles. The molecule has 3 aliphatic heterocycles. The molecule has 0 bridgehead atoms. The molecular formula is C23H35ClN6O4. The van der Waals surface area contributed by atoms with Gasteiger partial charge in [-0.05, 0) is 37.7 Å². The Balaban J connectivity index is 1.19. The van der Waals surface area contributed by atoms with Crippen molar-refractivity contribution in [2.45, 2.75) is 31.7 Å². The molecule has 10 nitrogen and oxygen atoms in total. The Labute approximate surface area is 205 Å². The van der Waals surface area contributed by atoms with Crippen LogP contribution in [0.3, 0.4) is 0 Å². The number of hydrogen-bond acceptors (Lipinski definition) is 7. The van der Waals surface area contributed by atoms with Crippen molar-refractivity contribution in [3.8, 4) is 5.88 Å². The number of nitrogen functional groups attached to an aromatic ring is 1. The Morgan fingerprint density at radius 3 is 2.41 bits per heavy atom. The maximum absolute atomic E-state index is 12.8. The zero-order valence-corrected chi connectivity index (χ0v) is 20.6. The second-order valence-electron chi connectivity index (χ2n) is 9.27. The number of carbonyl (C=O) groups is 2. The molecule has 11 heteroatoms. The number of morpholine rings is 1. The summed E-state index contributed by atoms with van der Waals surface area (Å²) in [5, 5.41) is 3.32. The number of halogens is 1. The predicted molar refractivity (Wildman–Crippen MR) is 129 cm³/mol. The molecular weight excluding hydrogens is 460 g/mol. The Morgan fingerprint density at radius 2 is 1.76 bits per heavy atom. The molecule has 4 heterocycles. The molecule has 0 atom stereocenters. The fourth-order valence-corrected chi connectivity index (χ4v) is 5.10. The van der Waals surface area contributed by atoms with Crippen LogP contribution in [0.2, 0.25) is 5.02 Å². The molecule has 3 aliphatic rings. The second-order valence-corrected chi connectivity index (χ2v) is 9.68. The Kier molecular flexibility index (Phi) is 8.33. The Bertz CT molecular complexity index is 865. The fourth-order valence-electron chi connectivity index (χ4n) is 4.95. The van der Waals surface area contributed by atoms with Crippen LogP contribution in [0.15, 0.2) is 6.07 Å². The van der Waals surface area contributed by atoms with Gasteiger partial charge < -0.3 is 35.2 Å². The highest BCUT2D eigenvalue weighted by molar-refractivity contribution is 6.33. The van der Waals surface area contributed by atoms with Crippen LogP contribution < -0.4 is 15.8 Å². The maximum Gasteiger partial charge on any atom is 0.320 e. The Morgan fingerprint density at radius 1 is 1.12 bits per heavy atom. The van der Waals surface area contributed by atoms with Gasteiger partial charge in [0.1, 0.15) is 11.4 Å². The molecule has 1 aromatic heterocycles. The van der Waals surface area contributed by atoms with Crippen LogP contribution in [0.25, 0.3) is 0 Å². The number of anilines is 1. The molecule has 0 aromatic carbocycles. The minimum atomic E-state index is -0.248. The van der Waals surface area contributed by atoms with Gasteiger partial charge in [-0.1, -0.05) is 11.6 Å². The van der Waals surface area contributed by atoms with Gasteiger partial charge in [0.05, 0.1) is 25.3 Å². The lowest BCUT2D eigenvalue weighted by atomic mass is 9.94. The number of pyridine rings is 1. The van der Waals surface area contributed by atoms with Gasteiger partial charge in [0, 0.05) is 51.9 Å². The molecule has 0 spiro atoms. The fraction of sp³-hybridized carbons (Fsp3) is 0.696. The average molecular weight is 495 g/mol. The van der Waals surface area contributed by atoms with Crippen LogP contribution in [0, 0.1) is 5.92 Å². The summed E-state index contributed by atoms with van der Waals surface area (Å²) in [7, 11) is 1.45. The van der Waals surface area contributed by atoms with Gasteiger partial charge in [0.25, 0.3) is 5.91 Å². The summed E-state index contributed by atoms with van der Waals surface area (Å²) in [6.45, 7) is 7.24. The average Bonchev–Trinajstić information content (AvgIpc) is 2.87. The van der Waals surface area contributed by atoms with E-state index in [0.29, 0.717) is 37.8 Å². The van der Waals surface area contributed by atoms with Crippen LogP contribution in [0.4, 0.5) is 10.6 Å². The number of aromatic nitrogens is 1. The molecule has 0 unspecified atom stereocenters. The van der Waals surface area contributed by atoms with Gasteiger partial charge in [-0.15, -0.1) is 0 Å². The number of hydrogen-bond donors (Lipinski definition) is 2. The number of nitrogens with zero attached hydrogens (tertiary/aromatic N) is 4. The number of carbonyl (C=O) groups excluding carboxylic acids is 2. The molecule has 3 N–H and O–H groups in total. The van der Waals surface area contributed by atoms with E-state index in [0.717, 1.165) is 58.4 Å². The van der Waals surface area contributed by atoms with Crippen LogP contribution in [0.1, 0.15) is 36.0 Å². The van der Waals surface area contributed by atoms with E-state index in [2.05, 4.69) is 15.2 Å². The van der Waals surface area contributed by atoms with Crippen LogP contribution in [0.5, 0.6) is 5.88 Å². The van der Waals surface area contributed by atoms with E-state index in [-0.39, 0.29) is 34.7 Å². The lowest BCUT2D eigenvalue weighted by Gasteiger charge is -2.39. The largest absolute Gasteiger partial charge is 0.480 e. The standard InChI is InChI=1S/C23H35ClN6O4/c1-33-22-18(14-19(24)20(25)27-22)21(31)26-17-4-6-28(7-5-17)15-16-2-8-29(9-3-16)23(32)30-10-12-34-13-11-30/h14,16-17H,2-13,15H2,1H3,(H2,25,27)(H,26,31). The summed E-state index contributed by atoms with van der Waals surface area (Å²) in [6, 6.07) is 1.76. The smallest absolute Gasteiger partial charge is 0.320 e. The minimum Gasteiger partial charge on any atom is -0.480 e. The molecule has 0 aliphatic carbocycles. The molecule has 0 radical (unpaired) electrons. The monoisotopic (exact) mass is 494 g/mol. The number of ether oxygens (including phenoxy) is 2. The number of methoxy groups -OCH3 is 1. The number of amides is 3. The predicted octanol–water partition coefficient (Wildman–Crippen LogP) is 1.68. The highest BCUT2D eigenvalue weighted by Gasteiger charge is 2.29. The van der Waals surface area contributed by atoms with E-state index < -0.39 is 0 Å².